The second-order valence-corrected chi connectivity index (χ2v) is 9.92. The van der Waals surface area contributed by atoms with Crippen LogP contribution in [-0.4, -0.2) is 53.6 Å². The lowest BCUT2D eigenvalue weighted by Gasteiger charge is -2.30. The third-order valence-electron chi connectivity index (χ3n) is 4.89. The Hall–Kier alpha value is -2.38. The molecule has 176 valence electrons. The number of rotatable bonds is 11. The molecule has 1 aromatic heterocycles. The number of nitrogens with one attached hydrogen (secondary N) is 1. The van der Waals surface area contributed by atoms with Crippen LogP contribution in [0, 0.1) is 6.92 Å². The van der Waals surface area contributed by atoms with E-state index in [0.29, 0.717) is 39.3 Å². The Morgan fingerprint density at radius 1 is 1.06 bits per heavy atom. The number of aryl methyl sites for hydroxylation is 1. The van der Waals surface area contributed by atoms with Crippen molar-refractivity contribution in [3.8, 4) is 0 Å². The molecule has 0 bridgehead atoms. The van der Waals surface area contributed by atoms with E-state index in [4.69, 9.17) is 4.74 Å². The second kappa shape index (κ2) is 12.6. The Kier molecular flexibility index (Phi) is 10.2. The van der Waals surface area contributed by atoms with Crippen molar-refractivity contribution in [3.63, 3.8) is 0 Å². The van der Waals surface area contributed by atoms with Gasteiger partial charge in [-0.1, -0.05) is 30.3 Å². The van der Waals surface area contributed by atoms with E-state index in [0.717, 1.165) is 10.4 Å². The van der Waals surface area contributed by atoms with Crippen LogP contribution < -0.4 is 5.32 Å². The highest BCUT2D eigenvalue weighted by molar-refractivity contribution is 7.10. The number of amides is 3. The van der Waals surface area contributed by atoms with Crippen LogP contribution in [0.15, 0.2) is 41.8 Å². The van der Waals surface area contributed by atoms with E-state index in [9.17, 15) is 9.59 Å². The highest BCUT2D eigenvalue weighted by Gasteiger charge is 2.24. The van der Waals surface area contributed by atoms with Gasteiger partial charge in [0.1, 0.15) is 6.54 Å². The molecule has 1 N–H and O–H groups in total. The van der Waals surface area contributed by atoms with E-state index in [2.05, 4.69) is 18.3 Å². The summed E-state index contributed by atoms with van der Waals surface area (Å²) in [5.74, 6) is -0.0675. The molecular formula is C25H37N3O3S. The maximum atomic E-state index is 13.4. The van der Waals surface area contributed by atoms with Crippen LogP contribution in [0.2, 0.25) is 0 Å². The highest BCUT2D eigenvalue weighted by atomic mass is 32.1. The molecule has 32 heavy (non-hydrogen) atoms. The van der Waals surface area contributed by atoms with Crippen LogP contribution in [0.25, 0.3) is 0 Å². The fourth-order valence-corrected chi connectivity index (χ4v) is 4.11. The quantitative estimate of drug-likeness (QED) is 0.490. The van der Waals surface area contributed by atoms with Gasteiger partial charge in [0, 0.05) is 36.7 Å². The number of hydrogen-bond donors (Lipinski definition) is 1. The molecule has 3 amide bonds. The predicted molar refractivity (Wildman–Crippen MR) is 131 cm³/mol. The summed E-state index contributed by atoms with van der Waals surface area (Å²) in [7, 11) is 0. The summed E-state index contributed by atoms with van der Waals surface area (Å²) in [6.45, 7) is 12.6. The van der Waals surface area contributed by atoms with Crippen LogP contribution in [0.4, 0.5) is 4.79 Å². The lowest BCUT2D eigenvalue weighted by molar-refractivity contribution is -0.133. The summed E-state index contributed by atoms with van der Waals surface area (Å²) < 4.78 is 5.43. The molecule has 0 saturated heterocycles. The van der Waals surface area contributed by atoms with Crippen LogP contribution in [0.1, 0.15) is 50.1 Å². The number of carbonyl (C=O) groups is 2. The van der Waals surface area contributed by atoms with Gasteiger partial charge in [-0.25, -0.2) is 4.79 Å². The fourth-order valence-electron chi connectivity index (χ4n) is 3.19. The topological polar surface area (TPSA) is 61.9 Å². The molecule has 1 heterocycles. The van der Waals surface area contributed by atoms with E-state index in [1.54, 1.807) is 16.2 Å². The van der Waals surface area contributed by atoms with Gasteiger partial charge in [0.15, 0.2) is 0 Å². The number of nitrogens with zero attached hydrogens (tertiary/aromatic N) is 2. The molecular weight excluding hydrogens is 422 g/mol. The molecule has 0 aliphatic rings. The SMILES string of the molecule is CCOCCCN(CC(=O)N(Cc1ccccc1)Cc1sccc1C)C(=O)NC(C)(C)C. The second-order valence-electron chi connectivity index (χ2n) is 8.91. The minimum atomic E-state index is -0.379. The van der Waals surface area contributed by atoms with Crippen molar-refractivity contribution in [1.29, 1.82) is 0 Å². The predicted octanol–water partition coefficient (Wildman–Crippen LogP) is 4.82. The molecule has 0 spiro atoms. The Labute approximate surface area is 196 Å². The summed E-state index contributed by atoms with van der Waals surface area (Å²) in [6, 6.07) is 11.8. The first kappa shape index (κ1) is 25.9. The molecule has 0 aliphatic heterocycles. The zero-order valence-corrected chi connectivity index (χ0v) is 20.8. The lowest BCUT2D eigenvalue weighted by atomic mass is 10.1. The van der Waals surface area contributed by atoms with Gasteiger partial charge in [-0.3, -0.25) is 4.79 Å². The van der Waals surface area contributed by atoms with Crippen LogP contribution in [0.5, 0.6) is 0 Å². The Bertz CT molecular complexity index is 846. The van der Waals surface area contributed by atoms with Gasteiger partial charge in [-0.15, -0.1) is 11.3 Å². The molecule has 0 unspecified atom stereocenters. The average molecular weight is 460 g/mol. The Balaban J connectivity index is 2.16. The first-order valence-corrected chi connectivity index (χ1v) is 12.1. The molecule has 6 nitrogen and oxygen atoms in total. The first-order valence-electron chi connectivity index (χ1n) is 11.2. The molecule has 1 aromatic carbocycles. The van der Waals surface area contributed by atoms with E-state index in [-0.39, 0.29) is 24.0 Å². The zero-order valence-electron chi connectivity index (χ0n) is 20.0. The van der Waals surface area contributed by atoms with Gasteiger partial charge in [-0.05, 0) is 63.6 Å². The number of hydrogen-bond acceptors (Lipinski definition) is 4. The fraction of sp³-hybridized carbons (Fsp3) is 0.520. The van der Waals surface area contributed by atoms with Gasteiger partial charge in [0.05, 0.1) is 6.54 Å². The number of carbonyl (C=O) groups excluding carboxylic acids is 2. The van der Waals surface area contributed by atoms with Crippen LogP contribution >= 0.6 is 11.3 Å². The van der Waals surface area contributed by atoms with Crippen molar-refractivity contribution in [2.45, 2.75) is 59.7 Å². The first-order chi connectivity index (χ1) is 15.2. The molecule has 0 fully saturated rings. The van der Waals surface area contributed by atoms with Crippen molar-refractivity contribution in [1.82, 2.24) is 15.1 Å². The molecule has 0 radical (unpaired) electrons. The number of benzene rings is 1. The van der Waals surface area contributed by atoms with Gasteiger partial charge >= 0.3 is 6.03 Å². The minimum Gasteiger partial charge on any atom is -0.382 e. The van der Waals surface area contributed by atoms with Gasteiger partial charge < -0.3 is 19.9 Å². The molecule has 0 atom stereocenters. The third-order valence-corrected chi connectivity index (χ3v) is 5.90. The summed E-state index contributed by atoms with van der Waals surface area (Å²) >= 11 is 1.65. The molecule has 2 aromatic rings. The summed E-state index contributed by atoms with van der Waals surface area (Å²) in [4.78, 5) is 31.0. The minimum absolute atomic E-state index is 0.0330. The summed E-state index contributed by atoms with van der Waals surface area (Å²) in [5.41, 5.74) is 1.87. The van der Waals surface area contributed by atoms with Crippen molar-refractivity contribution >= 4 is 23.3 Å². The molecule has 0 saturated carbocycles. The Morgan fingerprint density at radius 2 is 1.78 bits per heavy atom. The molecule has 0 aliphatic carbocycles. The standard InChI is InChI=1S/C25H37N3O3S/c1-6-31-15-10-14-27(24(30)26-25(3,4)5)19-23(29)28(17-21-11-8-7-9-12-21)18-22-20(2)13-16-32-22/h7-9,11-13,16H,6,10,14-15,17-19H2,1-5H3,(H,26,30). The Morgan fingerprint density at radius 3 is 2.38 bits per heavy atom. The van der Waals surface area contributed by atoms with Gasteiger partial charge in [0.2, 0.25) is 5.91 Å². The normalized spacial score (nSPS) is 11.3. The van der Waals surface area contributed by atoms with Crippen LogP contribution in [-0.2, 0) is 22.6 Å². The number of ether oxygens (including phenoxy) is 1. The van der Waals surface area contributed by atoms with Crippen LogP contribution in [0.3, 0.4) is 0 Å². The lowest BCUT2D eigenvalue weighted by Crippen LogP contribution is -2.51. The van der Waals surface area contributed by atoms with E-state index in [1.165, 1.54) is 5.56 Å². The molecule has 2 rings (SSSR count). The summed E-state index contributed by atoms with van der Waals surface area (Å²) in [6.07, 6.45) is 0.682. The largest absolute Gasteiger partial charge is 0.382 e. The zero-order chi connectivity index (χ0) is 23.6. The number of thiophene rings is 1. The number of urea groups is 1. The maximum absolute atomic E-state index is 13.4. The van der Waals surface area contributed by atoms with Crippen molar-refractivity contribution < 1.29 is 14.3 Å². The van der Waals surface area contributed by atoms with Crippen molar-refractivity contribution in [2.75, 3.05) is 26.3 Å². The highest BCUT2D eigenvalue weighted by Crippen LogP contribution is 2.20. The third kappa shape index (κ3) is 9.01. The molecule has 7 heteroatoms. The van der Waals surface area contributed by atoms with Gasteiger partial charge in [-0.2, -0.15) is 0 Å². The van der Waals surface area contributed by atoms with Crippen molar-refractivity contribution in [3.05, 3.63) is 57.8 Å². The van der Waals surface area contributed by atoms with E-state index >= 15 is 0 Å². The maximum Gasteiger partial charge on any atom is 0.318 e. The monoisotopic (exact) mass is 459 g/mol. The summed E-state index contributed by atoms with van der Waals surface area (Å²) in [5, 5.41) is 5.03. The van der Waals surface area contributed by atoms with E-state index in [1.807, 2.05) is 68.3 Å². The van der Waals surface area contributed by atoms with Gasteiger partial charge in [0.25, 0.3) is 0 Å². The smallest absolute Gasteiger partial charge is 0.318 e. The average Bonchev–Trinajstić information content (AvgIpc) is 3.13. The van der Waals surface area contributed by atoms with E-state index < -0.39 is 0 Å². The van der Waals surface area contributed by atoms with Crippen molar-refractivity contribution in [2.24, 2.45) is 0 Å².